The van der Waals surface area contributed by atoms with Gasteiger partial charge in [-0.1, -0.05) is 123 Å². The summed E-state index contributed by atoms with van der Waals surface area (Å²) < 4.78 is 102. The van der Waals surface area contributed by atoms with Crippen molar-refractivity contribution in [2.45, 2.75) is 247 Å². The molecule has 4 aliphatic carbocycles. The van der Waals surface area contributed by atoms with Crippen molar-refractivity contribution in [1.29, 1.82) is 0 Å². The number of Topliss-reactive ketones (excluding diaryl/α,β-unsaturated/α-hetero) is 4. The minimum Gasteiger partial charge on any atom is -0.492 e. The molecule has 4 aromatic heterocycles. The predicted molar refractivity (Wildman–Crippen MR) is 484 cm³/mol. The van der Waals surface area contributed by atoms with Gasteiger partial charge < -0.3 is 42.6 Å². The first-order chi connectivity index (χ1) is 60.5. The van der Waals surface area contributed by atoms with Crippen LogP contribution in [0.1, 0.15) is 201 Å². The Kier molecular flexibility index (Phi) is 29.0. The van der Waals surface area contributed by atoms with Gasteiger partial charge in [0.05, 0.1) is 126 Å². The fraction of sp³-hybridized carbons (Fsp3) is 0.379. The van der Waals surface area contributed by atoms with E-state index in [1.807, 2.05) is 136 Å². The zero-order chi connectivity index (χ0) is 90.7. The van der Waals surface area contributed by atoms with Gasteiger partial charge in [-0.25, -0.2) is 18.7 Å². The Labute approximate surface area is 741 Å². The Hall–Kier alpha value is -12.1. The highest BCUT2D eigenvalue weighted by atomic mass is 19.4. The highest BCUT2D eigenvalue weighted by Crippen LogP contribution is 2.41. The molecule has 0 radical (unpaired) electrons. The molecule has 4 heterocycles. The summed E-state index contributed by atoms with van der Waals surface area (Å²) >= 11 is 0. The number of para-hydroxylation sites is 5. The maximum Gasteiger partial charge on any atom is 0.418 e. The monoisotopic (exact) mass is 1730 g/mol. The van der Waals surface area contributed by atoms with E-state index in [0.717, 1.165) is 154 Å². The van der Waals surface area contributed by atoms with Crippen LogP contribution in [0.2, 0.25) is 0 Å². The van der Waals surface area contributed by atoms with Crippen molar-refractivity contribution < 1.29 is 75.0 Å². The minimum atomic E-state index is -4.55. The largest absolute Gasteiger partial charge is 0.492 e. The zero-order valence-corrected chi connectivity index (χ0v) is 75.4. The molecular formula is C103H115F3N8O13. The number of rotatable bonds is 35. The summed E-state index contributed by atoms with van der Waals surface area (Å²) in [5, 5.41) is 19.0. The van der Waals surface area contributed by atoms with Gasteiger partial charge in [-0.15, -0.1) is 0 Å². The lowest BCUT2D eigenvalue weighted by molar-refractivity contribution is -0.140. The normalized spacial score (nSPS) is 14.0. The number of ketones is 4. The number of carbonyl (C=O) groups excluding carboxylic acids is 4. The first kappa shape index (κ1) is 92.6. The molecular weight excluding hydrogens is 1610 g/mol. The first-order valence-electron chi connectivity index (χ1n) is 43.6. The number of nitrogens with zero attached hydrogens (tertiary/aromatic N) is 8. The van der Waals surface area contributed by atoms with Gasteiger partial charge in [0.15, 0.2) is 23.1 Å². The smallest absolute Gasteiger partial charge is 0.418 e. The van der Waals surface area contributed by atoms with Crippen LogP contribution >= 0.6 is 0 Å². The van der Waals surface area contributed by atoms with Crippen LogP contribution in [0, 0.1) is 6.92 Å². The average Bonchev–Trinajstić information content (AvgIpc) is 1.66. The molecule has 0 spiro atoms. The second-order valence-corrected chi connectivity index (χ2v) is 34.9. The third-order valence-corrected chi connectivity index (χ3v) is 22.5. The van der Waals surface area contributed by atoms with Crippen LogP contribution in [-0.2, 0) is 70.7 Å². The Bertz CT molecular complexity index is 5860. The lowest BCUT2D eigenvalue weighted by atomic mass is 10.0. The lowest BCUT2D eigenvalue weighted by Crippen LogP contribution is -2.32. The molecule has 4 fully saturated rings. The number of aryl methyl sites for hydroxylation is 1. The van der Waals surface area contributed by atoms with Crippen LogP contribution in [0.15, 0.2) is 218 Å². The number of ether oxygens (including phenoxy) is 9. The maximum atomic E-state index is 13.8. The second-order valence-electron chi connectivity index (χ2n) is 34.9. The van der Waals surface area contributed by atoms with Gasteiger partial charge >= 0.3 is 6.18 Å². The van der Waals surface area contributed by atoms with Gasteiger partial charge in [0.25, 0.3) is 0 Å². The molecule has 666 valence electrons. The van der Waals surface area contributed by atoms with Crippen LogP contribution < -0.4 is 23.7 Å². The maximum absolute atomic E-state index is 13.8. The van der Waals surface area contributed by atoms with Crippen LogP contribution in [0.3, 0.4) is 0 Å². The predicted octanol–water partition coefficient (Wildman–Crippen LogP) is 22.7. The van der Waals surface area contributed by atoms with E-state index in [-0.39, 0.29) is 61.4 Å². The number of benzene rings is 8. The second kappa shape index (κ2) is 39.8. The molecule has 0 N–H and O–H groups in total. The summed E-state index contributed by atoms with van der Waals surface area (Å²) in [6.45, 7) is 29.7. The molecule has 127 heavy (non-hydrogen) atoms. The molecule has 4 aliphatic rings. The SMILES string of the molecule is CC(=O)C(C)(C)OCc1cc(-c2cccc(OC3CC3)c2)n(-c2ccccc2C(C)C)n1.CC(=O)C(C)(C)OCc1cc(-c2cccc(OC3CC3)c2)n(-c2ccccc2C(F)(F)F)n1.CC(=O)C(C)(C)OCc1cc(-c2cccc(OC3CC3)c2)n(-c2ccccc2C)n1.CCOc1ccccc1-n1nc(COC(C)(C)C(C)=O)cc1-c1cccc(OC2CC2)c1. The average molecular weight is 1730 g/mol. The Morgan fingerprint density at radius 2 is 0.646 bits per heavy atom. The standard InChI is InChI=1S/C27H32N2O3.C26H30N2O4.C25H25F3N2O3.C25H28N2O3/c1-18(2)24-11-6-7-12-25(24)29-26(16-21(28-29)17-31-27(4,5)19(3)30)20-9-8-10-23(15-20)32-22-13-14-22;1-5-30-25-12-7-6-11-23(25)28-24(16-20(27-28)17-31-26(3,4)18(2)29)19-9-8-10-22(15-19)32-21-13-14-21;1-16(31)24(2,3)32-15-18-14-23(17-7-6-8-20(13-17)33-19-11-12-19)30(29-18)22-10-5-4-9-21(22)25(26,27)28;1-17-8-5-6-11-23(17)27-24(15-20(26-27)16-29-25(3,4)18(2)28)19-9-7-10-22(14-19)30-21-12-13-21/h6-12,15-16,18,22H,13-14,17H2,1-5H3;6-12,15-16,21H,5,13-14,17H2,1-4H3;4-10,13-14,19H,11-12,15H2,1-3H3;5-11,14-15,21H,12-13,16H2,1-4H3. The summed E-state index contributed by atoms with van der Waals surface area (Å²) in [6.07, 6.45) is 5.35. The van der Waals surface area contributed by atoms with Gasteiger partial charge in [-0.05, 0) is 275 Å². The summed E-state index contributed by atoms with van der Waals surface area (Å²) in [6, 6.07) is 69.0. The Balaban J connectivity index is 0.000000145. The minimum absolute atomic E-state index is 0.00719. The quantitative estimate of drug-likeness (QED) is 0.0360. The van der Waals surface area contributed by atoms with E-state index in [1.165, 1.54) is 42.3 Å². The molecule has 24 heteroatoms. The fourth-order valence-corrected chi connectivity index (χ4v) is 13.2. The third kappa shape index (κ3) is 24.6. The summed E-state index contributed by atoms with van der Waals surface area (Å²) in [7, 11) is 0. The van der Waals surface area contributed by atoms with E-state index in [4.69, 9.17) is 57.9 Å². The molecule has 16 rings (SSSR count). The topological polar surface area (TPSA) is 223 Å². The van der Waals surface area contributed by atoms with Crippen molar-refractivity contribution >= 4 is 23.1 Å². The van der Waals surface area contributed by atoms with Crippen LogP contribution in [0.25, 0.3) is 67.8 Å². The Morgan fingerprint density at radius 3 is 0.961 bits per heavy atom. The number of hydrogen-bond acceptors (Lipinski definition) is 17. The Morgan fingerprint density at radius 1 is 0.362 bits per heavy atom. The molecule has 4 saturated carbocycles. The molecule has 8 aromatic carbocycles. The fourth-order valence-electron chi connectivity index (χ4n) is 13.2. The van der Waals surface area contributed by atoms with Gasteiger partial charge in [-0.3, -0.25) is 19.2 Å². The first-order valence-corrected chi connectivity index (χ1v) is 43.6. The van der Waals surface area contributed by atoms with Crippen molar-refractivity contribution in [3.8, 4) is 96.5 Å². The highest BCUT2D eigenvalue weighted by molar-refractivity contribution is 5.85. The van der Waals surface area contributed by atoms with E-state index < -0.39 is 34.1 Å². The van der Waals surface area contributed by atoms with Crippen molar-refractivity contribution in [2.75, 3.05) is 6.61 Å². The summed E-state index contributed by atoms with van der Waals surface area (Å²) in [5.74, 6) is 4.17. The number of hydrogen-bond donors (Lipinski definition) is 0. The number of carbonyl (C=O) groups is 4. The van der Waals surface area contributed by atoms with E-state index in [2.05, 4.69) is 80.5 Å². The van der Waals surface area contributed by atoms with Gasteiger partial charge in [0.1, 0.15) is 56.8 Å². The molecule has 0 bridgehead atoms. The van der Waals surface area contributed by atoms with Crippen LogP contribution in [-0.4, -0.2) is 116 Å². The molecule has 0 aliphatic heterocycles. The third-order valence-electron chi connectivity index (χ3n) is 22.5. The van der Waals surface area contributed by atoms with Gasteiger partial charge in [0.2, 0.25) is 0 Å². The van der Waals surface area contributed by atoms with Crippen LogP contribution in [0.4, 0.5) is 13.2 Å². The van der Waals surface area contributed by atoms with Gasteiger partial charge in [0, 0.05) is 22.3 Å². The van der Waals surface area contributed by atoms with Gasteiger partial charge in [-0.2, -0.15) is 33.6 Å². The lowest BCUT2D eigenvalue weighted by Gasteiger charge is -2.21. The number of alkyl halides is 3. The van der Waals surface area contributed by atoms with Crippen molar-refractivity contribution in [3.05, 3.63) is 258 Å². The number of aromatic nitrogens is 8. The molecule has 0 atom stereocenters. The van der Waals surface area contributed by atoms with Crippen molar-refractivity contribution in [3.63, 3.8) is 0 Å². The van der Waals surface area contributed by atoms with E-state index >= 15 is 0 Å². The van der Waals surface area contributed by atoms with Crippen molar-refractivity contribution in [2.24, 2.45) is 0 Å². The molecule has 12 aromatic rings. The highest BCUT2D eigenvalue weighted by Gasteiger charge is 2.37. The van der Waals surface area contributed by atoms with E-state index in [0.29, 0.717) is 53.5 Å². The zero-order valence-electron chi connectivity index (χ0n) is 75.4. The van der Waals surface area contributed by atoms with E-state index in [9.17, 15) is 32.3 Å². The summed E-state index contributed by atoms with van der Waals surface area (Å²) in [5.41, 5.74) is 10.5. The summed E-state index contributed by atoms with van der Waals surface area (Å²) in [4.78, 5) is 47.4. The van der Waals surface area contributed by atoms with Crippen molar-refractivity contribution in [1.82, 2.24) is 39.1 Å². The van der Waals surface area contributed by atoms with E-state index in [1.54, 1.807) is 93.5 Å². The van der Waals surface area contributed by atoms with Crippen LogP contribution in [0.5, 0.6) is 28.7 Å². The molecule has 21 nitrogen and oxygen atoms in total. The molecule has 0 saturated heterocycles. The number of halogens is 3. The molecule has 0 unspecified atom stereocenters. The molecule has 0 amide bonds.